The van der Waals surface area contributed by atoms with Gasteiger partial charge in [0, 0.05) is 31.0 Å². The maximum Gasteiger partial charge on any atom is 0.269 e. The number of hydrogen-bond acceptors (Lipinski definition) is 5. The van der Waals surface area contributed by atoms with Gasteiger partial charge in [-0.2, -0.15) is 0 Å². The monoisotopic (exact) mass is 457 g/mol. The quantitative estimate of drug-likeness (QED) is 0.401. The molecule has 32 heavy (non-hydrogen) atoms. The molecule has 0 saturated heterocycles. The van der Waals surface area contributed by atoms with Gasteiger partial charge in [0.05, 0.1) is 10.7 Å². The van der Waals surface area contributed by atoms with E-state index in [0.717, 1.165) is 16.7 Å². The van der Waals surface area contributed by atoms with Crippen molar-refractivity contribution in [1.29, 1.82) is 0 Å². The average molecular weight is 458 g/mol. The van der Waals surface area contributed by atoms with Crippen LogP contribution in [0.2, 0.25) is 0 Å². The van der Waals surface area contributed by atoms with Crippen LogP contribution in [0.25, 0.3) is 0 Å². The lowest BCUT2D eigenvalue weighted by Crippen LogP contribution is -2.48. The molecule has 8 heteroatoms. The number of carbonyl (C=O) groups is 2. The number of amides is 2. The van der Waals surface area contributed by atoms with Crippen molar-refractivity contribution < 1.29 is 14.5 Å². The van der Waals surface area contributed by atoms with Gasteiger partial charge in [-0.05, 0) is 30.9 Å². The second-order valence-corrected chi connectivity index (χ2v) is 9.23. The Morgan fingerprint density at radius 1 is 1.09 bits per heavy atom. The Labute approximate surface area is 193 Å². The van der Waals surface area contributed by atoms with Crippen molar-refractivity contribution in [2.24, 2.45) is 5.92 Å². The Hall–Kier alpha value is -2.87. The number of nitro benzene ring substituents is 1. The molecule has 7 nitrogen and oxygen atoms in total. The average Bonchev–Trinajstić information content (AvgIpc) is 2.75. The molecule has 1 atom stereocenters. The zero-order valence-electron chi connectivity index (χ0n) is 19.0. The molecule has 2 amide bonds. The van der Waals surface area contributed by atoms with E-state index in [0.29, 0.717) is 24.8 Å². The molecule has 0 saturated carbocycles. The topological polar surface area (TPSA) is 92.6 Å². The third-order valence-electron chi connectivity index (χ3n) is 4.93. The first kappa shape index (κ1) is 25.4. The number of aryl methyl sites for hydroxylation is 1. The van der Waals surface area contributed by atoms with E-state index in [2.05, 4.69) is 5.32 Å². The van der Waals surface area contributed by atoms with Crippen molar-refractivity contribution in [1.82, 2.24) is 10.2 Å². The van der Waals surface area contributed by atoms with Crippen molar-refractivity contribution >= 4 is 29.3 Å². The van der Waals surface area contributed by atoms with E-state index in [1.807, 2.05) is 45.0 Å². The number of nitro groups is 1. The summed E-state index contributed by atoms with van der Waals surface area (Å²) in [6, 6.07) is 13.6. The largest absolute Gasteiger partial charge is 0.354 e. The number of nitrogens with one attached hydrogen (secondary N) is 1. The van der Waals surface area contributed by atoms with Crippen molar-refractivity contribution in [2.75, 3.05) is 12.3 Å². The minimum Gasteiger partial charge on any atom is -0.354 e. The van der Waals surface area contributed by atoms with Crippen molar-refractivity contribution in [3.63, 3.8) is 0 Å². The molecule has 0 unspecified atom stereocenters. The highest BCUT2D eigenvalue weighted by Gasteiger charge is 2.26. The molecule has 0 aliphatic carbocycles. The molecule has 0 spiro atoms. The Balaban J connectivity index is 2.04. The van der Waals surface area contributed by atoms with E-state index >= 15 is 0 Å². The molecule has 0 aromatic heterocycles. The van der Waals surface area contributed by atoms with E-state index < -0.39 is 11.0 Å². The zero-order valence-corrected chi connectivity index (χ0v) is 19.9. The summed E-state index contributed by atoms with van der Waals surface area (Å²) in [5, 5.41) is 13.7. The van der Waals surface area contributed by atoms with Crippen LogP contribution in [0.5, 0.6) is 0 Å². The fourth-order valence-corrected chi connectivity index (χ4v) is 3.97. The van der Waals surface area contributed by atoms with Crippen LogP contribution in [-0.4, -0.2) is 40.0 Å². The van der Waals surface area contributed by atoms with Gasteiger partial charge in [-0.15, -0.1) is 11.8 Å². The first-order valence-corrected chi connectivity index (χ1v) is 11.8. The molecule has 0 fully saturated rings. The highest BCUT2D eigenvalue weighted by atomic mass is 32.2. The molecule has 2 aromatic rings. The minimum absolute atomic E-state index is 0.0420. The van der Waals surface area contributed by atoms with E-state index in [9.17, 15) is 19.7 Å². The second-order valence-electron chi connectivity index (χ2n) is 8.24. The zero-order chi connectivity index (χ0) is 23.7. The lowest BCUT2D eigenvalue weighted by atomic mass is 10.1. The highest BCUT2D eigenvalue weighted by molar-refractivity contribution is 7.99. The minimum atomic E-state index is -0.596. The molecule has 2 aromatic carbocycles. The summed E-state index contributed by atoms with van der Waals surface area (Å²) in [6.45, 7) is 8.71. The standard InChI is InChI=1S/C24H31N3O4S/c1-17(2)13-25-24(29)19(4)26(14-21-7-5-6-18(3)12-21)23(28)16-32-15-20-8-10-22(11-9-20)27(30)31/h5-12,17,19H,13-16H2,1-4H3,(H,25,29)/t19-/m1/s1. The van der Waals surface area contributed by atoms with Gasteiger partial charge in [-0.25, -0.2) is 0 Å². The van der Waals surface area contributed by atoms with Crippen LogP contribution in [0.1, 0.15) is 37.5 Å². The van der Waals surface area contributed by atoms with Crippen LogP contribution < -0.4 is 5.32 Å². The first-order valence-electron chi connectivity index (χ1n) is 10.6. The van der Waals surface area contributed by atoms with Gasteiger partial charge in [0.1, 0.15) is 6.04 Å². The van der Waals surface area contributed by atoms with Gasteiger partial charge in [-0.1, -0.05) is 55.8 Å². The summed E-state index contributed by atoms with van der Waals surface area (Å²) in [7, 11) is 0. The van der Waals surface area contributed by atoms with Crippen LogP contribution in [0.15, 0.2) is 48.5 Å². The van der Waals surface area contributed by atoms with Crippen LogP contribution >= 0.6 is 11.8 Å². The van der Waals surface area contributed by atoms with E-state index in [1.54, 1.807) is 24.0 Å². The summed E-state index contributed by atoms with van der Waals surface area (Å²) >= 11 is 1.43. The Morgan fingerprint density at radius 2 is 1.78 bits per heavy atom. The number of thioether (sulfide) groups is 1. The normalized spacial score (nSPS) is 11.8. The Kier molecular flexibility index (Phi) is 9.71. The lowest BCUT2D eigenvalue weighted by Gasteiger charge is -2.29. The smallest absolute Gasteiger partial charge is 0.269 e. The molecule has 0 aliphatic rings. The number of non-ortho nitro benzene ring substituents is 1. The van der Waals surface area contributed by atoms with Crippen molar-refractivity contribution in [3.8, 4) is 0 Å². The fourth-order valence-electron chi connectivity index (χ4n) is 3.10. The molecule has 172 valence electrons. The van der Waals surface area contributed by atoms with Crippen LogP contribution in [0.4, 0.5) is 5.69 Å². The molecular weight excluding hydrogens is 426 g/mol. The lowest BCUT2D eigenvalue weighted by molar-refractivity contribution is -0.384. The maximum absolute atomic E-state index is 13.1. The third-order valence-corrected chi connectivity index (χ3v) is 5.92. The summed E-state index contributed by atoms with van der Waals surface area (Å²) < 4.78 is 0. The molecule has 1 N–H and O–H groups in total. The van der Waals surface area contributed by atoms with Gasteiger partial charge < -0.3 is 10.2 Å². The predicted molar refractivity (Wildman–Crippen MR) is 128 cm³/mol. The molecular formula is C24H31N3O4S. The maximum atomic E-state index is 13.1. The van der Waals surface area contributed by atoms with E-state index in [4.69, 9.17) is 0 Å². The molecule has 0 bridgehead atoms. The van der Waals surface area contributed by atoms with Crippen LogP contribution in [0.3, 0.4) is 0 Å². The number of nitrogens with zero attached hydrogens (tertiary/aromatic N) is 2. The van der Waals surface area contributed by atoms with Gasteiger partial charge >= 0.3 is 0 Å². The number of benzene rings is 2. The number of hydrogen-bond donors (Lipinski definition) is 1. The predicted octanol–water partition coefficient (Wildman–Crippen LogP) is 4.33. The van der Waals surface area contributed by atoms with Gasteiger partial charge in [0.2, 0.25) is 11.8 Å². The highest BCUT2D eigenvalue weighted by Crippen LogP contribution is 2.19. The molecule has 0 heterocycles. The SMILES string of the molecule is Cc1cccc(CN(C(=O)CSCc2ccc([N+](=O)[O-])cc2)[C@H](C)C(=O)NCC(C)C)c1. The Bertz CT molecular complexity index is 931. The summed E-state index contributed by atoms with van der Waals surface area (Å²) in [5.41, 5.74) is 3.02. The number of rotatable bonds is 11. The third kappa shape index (κ3) is 8.00. The summed E-state index contributed by atoms with van der Waals surface area (Å²) in [6.07, 6.45) is 0. The van der Waals surface area contributed by atoms with Crippen LogP contribution in [0, 0.1) is 23.0 Å². The first-order chi connectivity index (χ1) is 15.2. The molecule has 0 radical (unpaired) electrons. The van der Waals surface area contributed by atoms with E-state index in [1.165, 1.54) is 23.9 Å². The Morgan fingerprint density at radius 3 is 2.38 bits per heavy atom. The second kappa shape index (κ2) is 12.2. The number of carbonyl (C=O) groups excluding carboxylic acids is 2. The van der Waals surface area contributed by atoms with Crippen LogP contribution in [-0.2, 0) is 21.9 Å². The van der Waals surface area contributed by atoms with Gasteiger partial charge in [0.15, 0.2) is 0 Å². The van der Waals surface area contributed by atoms with Crippen molar-refractivity contribution in [2.45, 2.75) is 46.0 Å². The fraction of sp³-hybridized carbons (Fsp3) is 0.417. The molecule has 0 aliphatic heterocycles. The van der Waals surface area contributed by atoms with Gasteiger partial charge in [0.25, 0.3) is 5.69 Å². The summed E-state index contributed by atoms with van der Waals surface area (Å²) in [5.74, 6) is 0.801. The molecule has 2 rings (SSSR count). The summed E-state index contributed by atoms with van der Waals surface area (Å²) in [4.78, 5) is 37.7. The van der Waals surface area contributed by atoms with E-state index in [-0.39, 0.29) is 23.3 Å². The van der Waals surface area contributed by atoms with Gasteiger partial charge in [-0.3, -0.25) is 19.7 Å². The van der Waals surface area contributed by atoms with Crippen molar-refractivity contribution in [3.05, 3.63) is 75.3 Å².